The van der Waals surface area contributed by atoms with Gasteiger partial charge in [0.25, 0.3) is 0 Å². The summed E-state index contributed by atoms with van der Waals surface area (Å²) in [5, 5.41) is 5.80. The zero-order chi connectivity index (χ0) is 22.1. The zero-order valence-electron chi connectivity index (χ0n) is 18.5. The van der Waals surface area contributed by atoms with Crippen LogP contribution in [0, 0.1) is 0 Å². The van der Waals surface area contributed by atoms with E-state index in [1.165, 1.54) is 5.69 Å². The summed E-state index contributed by atoms with van der Waals surface area (Å²) < 4.78 is 0. The van der Waals surface area contributed by atoms with E-state index in [9.17, 15) is 9.59 Å². The minimum atomic E-state index is -0.183. The maximum atomic E-state index is 12.3. The van der Waals surface area contributed by atoms with Crippen molar-refractivity contribution in [3.8, 4) is 0 Å². The van der Waals surface area contributed by atoms with Crippen LogP contribution in [0.4, 0.5) is 10.5 Å². The van der Waals surface area contributed by atoms with Crippen molar-refractivity contribution in [2.45, 2.75) is 19.5 Å². The standard InChI is InChI=1S/C24H33N5O2/c1-27-14-16-29(17-15-27)22-11-7-6-10-21(22)18-26-23(30)12-13-25-24(31)28(2)19-20-8-4-3-5-9-20/h3-11H,12-19H2,1-2H3,(H,25,31)(H,26,30). The van der Waals surface area contributed by atoms with Gasteiger partial charge in [0.15, 0.2) is 0 Å². The molecule has 1 aliphatic rings. The third-order valence-corrected chi connectivity index (χ3v) is 5.55. The predicted octanol–water partition coefficient (Wildman–Crippen LogP) is 2.29. The molecule has 3 amide bonds. The van der Waals surface area contributed by atoms with Gasteiger partial charge < -0.3 is 25.3 Å². The molecule has 0 atom stereocenters. The molecule has 2 aromatic rings. The van der Waals surface area contributed by atoms with Crippen LogP contribution in [0.2, 0.25) is 0 Å². The Morgan fingerprint density at radius 2 is 1.61 bits per heavy atom. The first-order valence-electron chi connectivity index (χ1n) is 10.8. The molecule has 0 aromatic heterocycles. The van der Waals surface area contributed by atoms with E-state index in [4.69, 9.17) is 0 Å². The molecule has 0 aliphatic carbocycles. The molecule has 2 N–H and O–H groups in total. The number of urea groups is 1. The lowest BCUT2D eigenvalue weighted by Gasteiger charge is -2.35. The number of carbonyl (C=O) groups excluding carboxylic acids is 2. The Hall–Kier alpha value is -3.06. The highest BCUT2D eigenvalue weighted by Crippen LogP contribution is 2.21. The molecular formula is C24H33N5O2. The number of carbonyl (C=O) groups is 2. The molecule has 166 valence electrons. The molecule has 7 nitrogen and oxygen atoms in total. The van der Waals surface area contributed by atoms with Crippen molar-refractivity contribution in [1.29, 1.82) is 0 Å². The lowest BCUT2D eigenvalue weighted by atomic mass is 10.1. The maximum Gasteiger partial charge on any atom is 0.317 e. The first kappa shape index (κ1) is 22.6. The molecule has 1 aliphatic heterocycles. The number of hydrogen-bond donors (Lipinski definition) is 2. The number of nitrogens with one attached hydrogen (secondary N) is 2. The monoisotopic (exact) mass is 423 g/mol. The molecule has 0 unspecified atom stereocenters. The van der Waals surface area contributed by atoms with Crippen LogP contribution in [-0.4, -0.2) is 68.6 Å². The van der Waals surface area contributed by atoms with Crippen LogP contribution in [0.1, 0.15) is 17.5 Å². The minimum absolute atomic E-state index is 0.0702. The zero-order valence-corrected chi connectivity index (χ0v) is 18.5. The van der Waals surface area contributed by atoms with Gasteiger partial charge in [0.1, 0.15) is 0 Å². The summed E-state index contributed by atoms with van der Waals surface area (Å²) in [6.07, 6.45) is 0.252. The normalized spacial score (nSPS) is 14.2. The number of likely N-dealkylation sites (N-methyl/N-ethyl adjacent to an activating group) is 1. The van der Waals surface area contributed by atoms with Crippen molar-refractivity contribution in [2.75, 3.05) is 51.7 Å². The number of amides is 3. The van der Waals surface area contributed by atoms with E-state index in [0.717, 1.165) is 37.3 Å². The molecule has 7 heteroatoms. The fraction of sp³-hybridized carbons (Fsp3) is 0.417. The Balaban J connectivity index is 1.40. The molecular weight excluding hydrogens is 390 g/mol. The summed E-state index contributed by atoms with van der Waals surface area (Å²) >= 11 is 0. The van der Waals surface area contributed by atoms with Crippen LogP contribution in [0.25, 0.3) is 0 Å². The van der Waals surface area contributed by atoms with E-state index in [0.29, 0.717) is 19.6 Å². The van der Waals surface area contributed by atoms with Crippen molar-refractivity contribution in [3.63, 3.8) is 0 Å². The van der Waals surface area contributed by atoms with Gasteiger partial charge in [0, 0.05) is 65.0 Å². The lowest BCUT2D eigenvalue weighted by Crippen LogP contribution is -2.45. The molecule has 0 bridgehead atoms. The van der Waals surface area contributed by atoms with Gasteiger partial charge in [-0.15, -0.1) is 0 Å². The highest BCUT2D eigenvalue weighted by Gasteiger charge is 2.17. The minimum Gasteiger partial charge on any atom is -0.369 e. The summed E-state index contributed by atoms with van der Waals surface area (Å²) in [4.78, 5) is 30.8. The van der Waals surface area contributed by atoms with Gasteiger partial charge in [-0.1, -0.05) is 48.5 Å². The van der Waals surface area contributed by atoms with Gasteiger partial charge in [0.2, 0.25) is 5.91 Å². The number of piperazine rings is 1. The topological polar surface area (TPSA) is 67.9 Å². The van der Waals surface area contributed by atoms with Crippen LogP contribution in [0.3, 0.4) is 0 Å². The molecule has 0 radical (unpaired) electrons. The molecule has 1 saturated heterocycles. The molecule has 1 fully saturated rings. The van der Waals surface area contributed by atoms with Gasteiger partial charge in [0.05, 0.1) is 0 Å². The molecule has 31 heavy (non-hydrogen) atoms. The fourth-order valence-electron chi connectivity index (χ4n) is 3.65. The van der Waals surface area contributed by atoms with Crippen molar-refractivity contribution >= 4 is 17.6 Å². The van der Waals surface area contributed by atoms with Gasteiger partial charge in [-0.05, 0) is 24.2 Å². The highest BCUT2D eigenvalue weighted by atomic mass is 16.2. The molecule has 0 spiro atoms. The Kier molecular flexibility index (Phi) is 8.29. The number of benzene rings is 2. The quantitative estimate of drug-likeness (QED) is 0.684. The number of nitrogens with zero attached hydrogens (tertiary/aromatic N) is 3. The second-order valence-electron chi connectivity index (χ2n) is 8.02. The predicted molar refractivity (Wildman–Crippen MR) is 124 cm³/mol. The van der Waals surface area contributed by atoms with Crippen molar-refractivity contribution in [1.82, 2.24) is 20.4 Å². The van der Waals surface area contributed by atoms with E-state index < -0.39 is 0 Å². The molecule has 0 saturated carbocycles. The smallest absolute Gasteiger partial charge is 0.317 e. The molecule has 1 heterocycles. The summed E-state index contributed by atoms with van der Waals surface area (Å²) in [5.41, 5.74) is 3.37. The van der Waals surface area contributed by atoms with Crippen molar-refractivity contribution < 1.29 is 9.59 Å². The number of para-hydroxylation sites is 1. The number of rotatable bonds is 8. The Labute approximate surface area is 185 Å². The van der Waals surface area contributed by atoms with E-state index in [2.05, 4.69) is 39.6 Å². The van der Waals surface area contributed by atoms with Crippen LogP contribution in [-0.2, 0) is 17.9 Å². The van der Waals surface area contributed by atoms with Crippen LogP contribution < -0.4 is 15.5 Å². The Morgan fingerprint density at radius 3 is 2.35 bits per heavy atom. The lowest BCUT2D eigenvalue weighted by molar-refractivity contribution is -0.121. The Morgan fingerprint density at radius 1 is 0.935 bits per heavy atom. The van der Waals surface area contributed by atoms with Gasteiger partial charge in [-0.2, -0.15) is 0 Å². The van der Waals surface area contributed by atoms with Crippen LogP contribution >= 0.6 is 0 Å². The highest BCUT2D eigenvalue weighted by molar-refractivity contribution is 5.78. The molecule has 2 aromatic carbocycles. The third kappa shape index (κ3) is 7.00. The maximum absolute atomic E-state index is 12.3. The SMILES string of the molecule is CN1CCN(c2ccccc2CNC(=O)CCNC(=O)N(C)Cc2ccccc2)CC1. The van der Waals surface area contributed by atoms with Crippen molar-refractivity contribution in [2.24, 2.45) is 0 Å². The largest absolute Gasteiger partial charge is 0.369 e. The van der Waals surface area contributed by atoms with Gasteiger partial charge in [-0.3, -0.25) is 4.79 Å². The van der Waals surface area contributed by atoms with Gasteiger partial charge >= 0.3 is 6.03 Å². The van der Waals surface area contributed by atoms with Crippen molar-refractivity contribution in [3.05, 3.63) is 65.7 Å². The first-order chi connectivity index (χ1) is 15.0. The average molecular weight is 424 g/mol. The van der Waals surface area contributed by atoms with E-state index in [-0.39, 0.29) is 18.4 Å². The average Bonchev–Trinajstić information content (AvgIpc) is 2.79. The first-order valence-corrected chi connectivity index (χ1v) is 10.8. The summed E-state index contributed by atoms with van der Waals surface area (Å²) in [6.45, 7) is 5.39. The fourth-order valence-corrected chi connectivity index (χ4v) is 3.65. The molecule has 3 rings (SSSR count). The third-order valence-electron chi connectivity index (χ3n) is 5.55. The van der Waals surface area contributed by atoms with E-state index in [1.54, 1.807) is 11.9 Å². The summed E-state index contributed by atoms with van der Waals surface area (Å²) in [5.74, 6) is -0.0702. The van der Waals surface area contributed by atoms with E-state index >= 15 is 0 Å². The second kappa shape index (κ2) is 11.4. The van der Waals surface area contributed by atoms with Gasteiger partial charge in [-0.25, -0.2) is 4.79 Å². The Bertz CT molecular complexity index is 850. The number of anilines is 1. The van der Waals surface area contributed by atoms with Crippen LogP contribution in [0.5, 0.6) is 0 Å². The second-order valence-corrected chi connectivity index (χ2v) is 8.02. The summed E-state index contributed by atoms with van der Waals surface area (Å²) in [7, 11) is 3.89. The van der Waals surface area contributed by atoms with E-state index in [1.807, 2.05) is 42.5 Å². The van der Waals surface area contributed by atoms with Crippen LogP contribution in [0.15, 0.2) is 54.6 Å². The summed E-state index contributed by atoms with van der Waals surface area (Å²) in [6, 6.07) is 17.9. The number of hydrogen-bond acceptors (Lipinski definition) is 4.